The van der Waals surface area contributed by atoms with Crippen LogP contribution in [0.1, 0.15) is 102 Å². The number of allylic oxidation sites excluding steroid dienone is 16. The van der Waals surface area contributed by atoms with E-state index in [-0.39, 0.29) is 11.8 Å². The van der Waals surface area contributed by atoms with Crippen LogP contribution in [0.2, 0.25) is 0 Å². The number of benzene rings is 8. The molecule has 4 saturated carbocycles. The Morgan fingerprint density at radius 3 is 0.673 bits per heavy atom. The topological polar surface area (TPSA) is 0 Å². The molecule has 98 heavy (non-hydrogen) atoms. The molecule has 0 aliphatic heterocycles. The highest BCUT2D eigenvalue weighted by molar-refractivity contribution is 5.62. The minimum absolute atomic E-state index is 0.247. The van der Waals surface area contributed by atoms with E-state index in [1.807, 2.05) is 0 Å². The lowest BCUT2D eigenvalue weighted by molar-refractivity contribution is -0.339. The van der Waals surface area contributed by atoms with Crippen LogP contribution < -0.4 is 0 Å². The molecule has 4 atom stereocenters. The maximum Gasteiger partial charge on any atom is 0.0632 e. The van der Waals surface area contributed by atoms with Crippen molar-refractivity contribution < 1.29 is 0 Å². The third kappa shape index (κ3) is 11.8. The van der Waals surface area contributed by atoms with Crippen molar-refractivity contribution in [2.45, 2.75) is 57.8 Å². The van der Waals surface area contributed by atoms with Gasteiger partial charge in [-0.05, 0) is 141 Å². The standard InChI is InChI=1S/C98H72/c1-9-29-78(30-10-1)49-53-86-45-25-61-92(70-86,65-57-82-37-17-5-18-38-82)96-74-90-69-91(75-96)77-97(76-90,93(66-58-83-39-19-6-20-40-83)62-26-46-87(71-93)54-50-79-31-11-2-12-32-79)98(96,94(67-59-84-41-21-7-22-42-84)63-27-47-88(72-94)55-51-80-33-13-3-14-34-80)95(68-60-85-43-23-8-24-44-85)64-28-48-89(73-95)56-52-81-35-15-4-16-36-81/h1-48,61-64,90-91H,69-77H2. The normalized spacial score (nSPS) is 26.9. The average Bonchev–Trinajstić information content (AvgIpc) is 0.620. The van der Waals surface area contributed by atoms with Crippen LogP contribution >= 0.6 is 0 Å². The predicted molar refractivity (Wildman–Crippen MR) is 401 cm³/mol. The lowest BCUT2D eigenvalue weighted by Crippen LogP contribution is -2.81. The first kappa shape index (κ1) is 62.3. The van der Waals surface area contributed by atoms with Gasteiger partial charge in [0.05, 0.1) is 21.7 Å². The van der Waals surface area contributed by atoms with Crippen molar-refractivity contribution in [2.75, 3.05) is 0 Å². The minimum atomic E-state index is -1.12. The number of hydrogen-bond acceptors (Lipinski definition) is 0. The van der Waals surface area contributed by atoms with Crippen LogP contribution in [0.15, 0.2) is 338 Å². The molecule has 4 bridgehead atoms. The first-order valence-corrected chi connectivity index (χ1v) is 34.5. The molecule has 0 N–H and O–H groups in total. The van der Waals surface area contributed by atoms with Crippen molar-refractivity contribution in [2.24, 2.45) is 49.7 Å². The molecule has 0 radical (unpaired) electrons. The maximum absolute atomic E-state index is 4.53. The molecule has 0 heterocycles. The molecule has 8 aliphatic rings. The molecule has 0 saturated heterocycles. The maximum atomic E-state index is 4.53. The second-order valence-electron chi connectivity index (χ2n) is 27.4. The fourth-order valence-electron chi connectivity index (χ4n) is 18.5. The highest BCUT2D eigenvalue weighted by Crippen LogP contribution is 2.91. The van der Waals surface area contributed by atoms with E-state index in [1.165, 1.54) is 0 Å². The van der Waals surface area contributed by atoms with Crippen molar-refractivity contribution in [3.8, 4) is 94.7 Å². The Morgan fingerprint density at radius 2 is 0.429 bits per heavy atom. The summed E-state index contributed by atoms with van der Waals surface area (Å²) in [4.78, 5) is 0. The SMILES string of the molecule is C(#Cc1ccccc1)C1=CC=CC(C#Cc2ccccc2)(C23CC4CC(C2)CC(C2(C#Cc5ccccc5)C=CC=C(C#Cc5ccccc5)C2)(C4)C3(C2(C#Cc3ccccc3)C=CC=C(C#Cc3ccccc3)C2)C2(C#Cc3ccccc3)C=CC=C(C#Cc3ccccc3)C2)C1. The van der Waals surface area contributed by atoms with E-state index in [1.54, 1.807) is 0 Å². The summed E-state index contributed by atoms with van der Waals surface area (Å²) in [5, 5.41) is 0. The van der Waals surface area contributed by atoms with Crippen LogP contribution in [0.3, 0.4) is 0 Å². The fourth-order valence-corrected chi connectivity index (χ4v) is 18.5. The van der Waals surface area contributed by atoms with Crippen LogP contribution in [0.25, 0.3) is 0 Å². The lowest BCUT2D eigenvalue weighted by atomic mass is 9.16. The van der Waals surface area contributed by atoms with Gasteiger partial charge < -0.3 is 0 Å². The molecule has 0 amide bonds. The molecule has 4 fully saturated rings. The van der Waals surface area contributed by atoms with Gasteiger partial charge in [-0.3, -0.25) is 0 Å². The molecule has 8 aliphatic carbocycles. The summed E-state index contributed by atoms with van der Waals surface area (Å²) >= 11 is 0. The summed E-state index contributed by atoms with van der Waals surface area (Å²) < 4.78 is 0. The van der Waals surface area contributed by atoms with Gasteiger partial charge >= 0.3 is 0 Å². The Hall–Kier alpha value is -11.8. The molecule has 4 unspecified atom stereocenters. The van der Waals surface area contributed by atoms with E-state index < -0.39 is 37.9 Å². The molecule has 0 spiro atoms. The first-order valence-electron chi connectivity index (χ1n) is 34.5. The summed E-state index contributed by atoms with van der Waals surface area (Å²) in [7, 11) is 0. The van der Waals surface area contributed by atoms with Gasteiger partial charge in [0, 0.05) is 109 Å². The first-order chi connectivity index (χ1) is 48.3. The Balaban J connectivity index is 1.14. The van der Waals surface area contributed by atoms with Crippen LogP contribution in [-0.2, 0) is 0 Å². The highest BCUT2D eigenvalue weighted by atomic mass is 14.9. The quantitative estimate of drug-likeness (QED) is 0.154. The van der Waals surface area contributed by atoms with Gasteiger partial charge in [0.2, 0.25) is 0 Å². The molecular weight excluding hydrogens is 1180 g/mol. The smallest absolute Gasteiger partial charge is 0.0632 e. The Morgan fingerprint density at radius 1 is 0.224 bits per heavy atom. The van der Waals surface area contributed by atoms with Crippen LogP contribution in [0.5, 0.6) is 0 Å². The lowest BCUT2D eigenvalue weighted by Gasteiger charge is -2.84. The number of rotatable bonds is 4. The molecule has 0 nitrogen and oxygen atoms in total. The Bertz CT molecular complexity index is 4810. The van der Waals surface area contributed by atoms with Crippen molar-refractivity contribution in [1.82, 2.24) is 0 Å². The summed E-state index contributed by atoms with van der Waals surface area (Å²) in [6, 6.07) is 84.2. The zero-order chi connectivity index (χ0) is 66.0. The summed E-state index contributed by atoms with van der Waals surface area (Å²) in [6.45, 7) is 0. The van der Waals surface area contributed by atoms with E-state index >= 15 is 0 Å². The summed E-state index contributed by atoms with van der Waals surface area (Å²) in [5.74, 6) is 64.9. The van der Waals surface area contributed by atoms with Crippen LogP contribution in [-0.4, -0.2) is 0 Å². The Kier molecular flexibility index (Phi) is 17.2. The second kappa shape index (κ2) is 27.1. The number of hydrogen-bond donors (Lipinski definition) is 0. The van der Waals surface area contributed by atoms with E-state index in [0.717, 1.165) is 98.9 Å². The zero-order valence-electron chi connectivity index (χ0n) is 55.0. The molecule has 8 aromatic carbocycles. The van der Waals surface area contributed by atoms with Crippen molar-refractivity contribution in [3.05, 3.63) is 382 Å². The zero-order valence-corrected chi connectivity index (χ0v) is 55.0. The van der Waals surface area contributed by atoms with Gasteiger partial charge in [0.1, 0.15) is 0 Å². The molecule has 16 rings (SSSR count). The molecule has 8 aromatic rings. The fraction of sp³-hybridized carbons (Fsp3) is 0.184. The predicted octanol–water partition coefficient (Wildman–Crippen LogP) is 20.1. The third-order valence-electron chi connectivity index (χ3n) is 21.7. The summed E-state index contributed by atoms with van der Waals surface area (Å²) in [5.41, 5.74) is 4.85. The Labute approximate surface area is 581 Å². The van der Waals surface area contributed by atoms with Gasteiger partial charge in [-0.15, -0.1) is 0 Å². The molecule has 0 heteroatoms. The second-order valence-corrected chi connectivity index (χ2v) is 27.4. The molecule has 464 valence electrons. The van der Waals surface area contributed by atoms with Crippen LogP contribution in [0.4, 0.5) is 0 Å². The van der Waals surface area contributed by atoms with E-state index in [2.05, 4.69) is 410 Å². The largest absolute Gasteiger partial charge is 0.0859 e. The van der Waals surface area contributed by atoms with Gasteiger partial charge in [0.25, 0.3) is 0 Å². The highest BCUT2D eigenvalue weighted by Gasteiger charge is 2.88. The summed E-state index contributed by atoms with van der Waals surface area (Å²) in [6.07, 6.45) is 35.0. The van der Waals surface area contributed by atoms with Crippen molar-refractivity contribution >= 4 is 0 Å². The van der Waals surface area contributed by atoms with Gasteiger partial charge in [-0.2, -0.15) is 0 Å². The van der Waals surface area contributed by atoms with Crippen molar-refractivity contribution in [3.63, 3.8) is 0 Å². The minimum Gasteiger partial charge on any atom is -0.0859 e. The van der Waals surface area contributed by atoms with E-state index in [9.17, 15) is 0 Å². The van der Waals surface area contributed by atoms with Gasteiger partial charge in [-0.1, -0.05) is 313 Å². The van der Waals surface area contributed by atoms with E-state index in [4.69, 9.17) is 0 Å². The van der Waals surface area contributed by atoms with Crippen molar-refractivity contribution in [1.29, 1.82) is 0 Å². The monoisotopic (exact) mass is 1250 g/mol. The van der Waals surface area contributed by atoms with Gasteiger partial charge in [0.15, 0.2) is 0 Å². The molecular formula is C98H72. The molecule has 0 aromatic heterocycles. The van der Waals surface area contributed by atoms with Gasteiger partial charge in [-0.25, -0.2) is 0 Å². The average molecular weight is 1250 g/mol. The van der Waals surface area contributed by atoms with Crippen LogP contribution in [0, 0.1) is 144 Å². The third-order valence-corrected chi connectivity index (χ3v) is 21.7. The van der Waals surface area contributed by atoms with E-state index in [0.29, 0.717) is 25.7 Å².